The van der Waals surface area contributed by atoms with Gasteiger partial charge in [-0.3, -0.25) is 9.78 Å². The molecule has 5 heteroatoms. The molecule has 0 spiro atoms. The highest BCUT2D eigenvalue weighted by Crippen LogP contribution is 2.21. The quantitative estimate of drug-likeness (QED) is 0.754. The van der Waals surface area contributed by atoms with Crippen molar-refractivity contribution in [2.75, 3.05) is 40.3 Å². The maximum atomic E-state index is 12.5. The van der Waals surface area contributed by atoms with Gasteiger partial charge < -0.3 is 14.5 Å². The summed E-state index contributed by atoms with van der Waals surface area (Å²) in [5.74, 6) is 1.53. The molecule has 0 radical (unpaired) electrons. The second-order valence-corrected chi connectivity index (χ2v) is 7.30. The lowest BCUT2D eigenvalue weighted by atomic mass is 9.96. The zero-order valence-electron chi connectivity index (χ0n) is 16.3. The molecule has 1 aromatic heterocycles. The van der Waals surface area contributed by atoms with Gasteiger partial charge in [0.1, 0.15) is 5.75 Å². The van der Waals surface area contributed by atoms with E-state index in [4.69, 9.17) is 4.74 Å². The number of para-hydroxylation sites is 1. The molecule has 3 rings (SSSR count). The number of ether oxygens (including phenoxy) is 1. The minimum Gasteiger partial charge on any atom is -0.496 e. The van der Waals surface area contributed by atoms with Gasteiger partial charge in [-0.25, -0.2) is 0 Å². The molecule has 2 aromatic rings. The van der Waals surface area contributed by atoms with Crippen LogP contribution < -0.4 is 4.74 Å². The lowest BCUT2D eigenvalue weighted by Gasteiger charge is -2.34. The van der Waals surface area contributed by atoms with E-state index >= 15 is 0 Å². The van der Waals surface area contributed by atoms with Gasteiger partial charge in [0.2, 0.25) is 0 Å². The van der Waals surface area contributed by atoms with Crippen molar-refractivity contribution in [3.63, 3.8) is 0 Å². The zero-order chi connectivity index (χ0) is 19.1. The molecule has 1 aliphatic rings. The Morgan fingerprint density at radius 3 is 2.93 bits per heavy atom. The number of carbonyl (C=O) groups is 1. The number of methoxy groups -OCH3 is 1. The second kappa shape index (κ2) is 9.51. The highest BCUT2D eigenvalue weighted by Gasteiger charge is 2.23. The van der Waals surface area contributed by atoms with E-state index in [1.165, 1.54) is 18.4 Å². The number of amides is 1. The molecular weight excluding hydrogens is 338 g/mol. The fraction of sp³-hybridized carbons (Fsp3) is 0.455. The Labute approximate surface area is 162 Å². The predicted octanol–water partition coefficient (Wildman–Crippen LogP) is 3.12. The Balaban J connectivity index is 1.51. The van der Waals surface area contributed by atoms with Gasteiger partial charge >= 0.3 is 0 Å². The molecule has 0 N–H and O–H groups in total. The summed E-state index contributed by atoms with van der Waals surface area (Å²) in [6, 6.07) is 11.9. The third-order valence-electron chi connectivity index (χ3n) is 5.28. The van der Waals surface area contributed by atoms with Crippen LogP contribution in [0.4, 0.5) is 0 Å². The van der Waals surface area contributed by atoms with Crippen LogP contribution in [-0.4, -0.2) is 61.0 Å². The Hall–Kier alpha value is -2.40. The summed E-state index contributed by atoms with van der Waals surface area (Å²) in [6.45, 7) is 3.99. The van der Waals surface area contributed by atoms with Crippen molar-refractivity contribution in [3.05, 3.63) is 59.9 Å². The van der Waals surface area contributed by atoms with E-state index in [2.05, 4.69) is 22.0 Å². The number of aromatic nitrogens is 1. The third-order valence-corrected chi connectivity index (χ3v) is 5.28. The topological polar surface area (TPSA) is 45.7 Å². The zero-order valence-corrected chi connectivity index (χ0v) is 16.3. The molecule has 1 fully saturated rings. The summed E-state index contributed by atoms with van der Waals surface area (Å²) in [5, 5.41) is 0. The normalized spacial score (nSPS) is 17.5. The maximum Gasteiger partial charge on any atom is 0.255 e. The van der Waals surface area contributed by atoms with Gasteiger partial charge in [0.05, 0.1) is 12.7 Å². The average molecular weight is 367 g/mol. The summed E-state index contributed by atoms with van der Waals surface area (Å²) in [7, 11) is 3.62. The van der Waals surface area contributed by atoms with E-state index in [0.717, 1.165) is 38.3 Å². The summed E-state index contributed by atoms with van der Waals surface area (Å²) in [6.07, 6.45) is 6.68. The van der Waals surface area contributed by atoms with E-state index in [1.54, 1.807) is 25.6 Å². The maximum absolute atomic E-state index is 12.5. The summed E-state index contributed by atoms with van der Waals surface area (Å²) < 4.78 is 5.46. The first-order chi connectivity index (χ1) is 13.2. The number of hydrogen-bond acceptors (Lipinski definition) is 4. The summed E-state index contributed by atoms with van der Waals surface area (Å²) >= 11 is 0. The van der Waals surface area contributed by atoms with Crippen molar-refractivity contribution >= 4 is 5.91 Å². The molecule has 0 bridgehead atoms. The standard InChI is InChI=1S/C22H29N3O2/c1-24(22(26)20-9-5-12-23-15-20)16-18-7-6-13-25(17-18)14-11-19-8-3-4-10-21(19)27-2/h3-5,8-10,12,15,18H,6-7,11,13-14,16-17H2,1-2H3/t18-/m0/s1. The fourth-order valence-electron chi connectivity index (χ4n) is 3.87. The van der Waals surface area contributed by atoms with E-state index in [-0.39, 0.29) is 5.91 Å². The first-order valence-electron chi connectivity index (χ1n) is 9.67. The van der Waals surface area contributed by atoms with Gasteiger partial charge in [-0.15, -0.1) is 0 Å². The smallest absolute Gasteiger partial charge is 0.255 e. The molecule has 0 saturated carbocycles. The lowest BCUT2D eigenvalue weighted by molar-refractivity contribution is 0.0730. The van der Waals surface area contributed by atoms with Crippen molar-refractivity contribution in [2.24, 2.45) is 5.92 Å². The molecular formula is C22H29N3O2. The molecule has 1 amide bonds. The van der Waals surface area contributed by atoms with Crippen molar-refractivity contribution in [1.82, 2.24) is 14.8 Å². The minimum absolute atomic E-state index is 0.0502. The fourth-order valence-corrected chi connectivity index (χ4v) is 3.87. The van der Waals surface area contributed by atoms with Crippen LogP contribution >= 0.6 is 0 Å². The molecule has 1 saturated heterocycles. The van der Waals surface area contributed by atoms with Gasteiger partial charge in [-0.1, -0.05) is 18.2 Å². The van der Waals surface area contributed by atoms with Crippen LogP contribution in [0.2, 0.25) is 0 Å². The Bertz CT molecular complexity index is 735. The number of hydrogen-bond donors (Lipinski definition) is 0. The van der Waals surface area contributed by atoms with Crippen LogP contribution in [0.15, 0.2) is 48.8 Å². The SMILES string of the molecule is COc1ccccc1CCN1CCC[C@@H](CN(C)C(=O)c2cccnc2)C1. The Kier molecular flexibility index (Phi) is 6.82. The lowest BCUT2D eigenvalue weighted by Crippen LogP contribution is -2.42. The van der Waals surface area contributed by atoms with Crippen LogP contribution in [0.1, 0.15) is 28.8 Å². The number of likely N-dealkylation sites (tertiary alicyclic amines) is 1. The van der Waals surface area contributed by atoms with Crippen molar-refractivity contribution in [2.45, 2.75) is 19.3 Å². The molecule has 0 unspecified atom stereocenters. The Morgan fingerprint density at radius 1 is 1.30 bits per heavy atom. The van der Waals surface area contributed by atoms with Gasteiger partial charge in [0.25, 0.3) is 5.91 Å². The van der Waals surface area contributed by atoms with E-state index < -0.39 is 0 Å². The monoisotopic (exact) mass is 367 g/mol. The largest absolute Gasteiger partial charge is 0.496 e. The number of rotatable bonds is 7. The Morgan fingerprint density at radius 2 is 2.15 bits per heavy atom. The summed E-state index contributed by atoms with van der Waals surface area (Å²) in [4.78, 5) is 20.9. The van der Waals surface area contributed by atoms with Crippen molar-refractivity contribution < 1.29 is 9.53 Å². The van der Waals surface area contributed by atoms with Crippen molar-refractivity contribution in [1.29, 1.82) is 0 Å². The highest BCUT2D eigenvalue weighted by molar-refractivity contribution is 5.93. The van der Waals surface area contributed by atoms with E-state index in [9.17, 15) is 4.79 Å². The predicted molar refractivity (Wildman–Crippen MR) is 107 cm³/mol. The number of nitrogens with zero attached hydrogens (tertiary/aromatic N) is 3. The molecule has 144 valence electrons. The van der Waals surface area contributed by atoms with Crippen LogP contribution in [0.5, 0.6) is 5.75 Å². The minimum atomic E-state index is 0.0502. The number of carbonyl (C=O) groups excluding carboxylic acids is 1. The number of benzene rings is 1. The molecule has 1 aliphatic heterocycles. The van der Waals surface area contributed by atoms with E-state index in [1.807, 2.05) is 30.1 Å². The third kappa shape index (κ3) is 5.30. The van der Waals surface area contributed by atoms with Crippen molar-refractivity contribution in [3.8, 4) is 5.75 Å². The van der Waals surface area contributed by atoms with E-state index in [0.29, 0.717) is 11.5 Å². The summed E-state index contributed by atoms with van der Waals surface area (Å²) in [5.41, 5.74) is 1.91. The van der Waals surface area contributed by atoms with Gasteiger partial charge in [-0.2, -0.15) is 0 Å². The molecule has 0 aliphatic carbocycles. The van der Waals surface area contributed by atoms with Gasteiger partial charge in [0.15, 0.2) is 0 Å². The first kappa shape index (κ1) is 19.4. The molecule has 1 atom stereocenters. The van der Waals surface area contributed by atoms with Crippen LogP contribution in [-0.2, 0) is 6.42 Å². The molecule has 1 aromatic carbocycles. The van der Waals surface area contributed by atoms with Crippen LogP contribution in [0.3, 0.4) is 0 Å². The number of piperidine rings is 1. The molecule has 27 heavy (non-hydrogen) atoms. The molecule has 5 nitrogen and oxygen atoms in total. The molecule has 2 heterocycles. The van der Waals surface area contributed by atoms with Gasteiger partial charge in [0, 0.05) is 39.1 Å². The average Bonchev–Trinajstić information content (AvgIpc) is 2.72. The second-order valence-electron chi connectivity index (χ2n) is 7.30. The van der Waals surface area contributed by atoms with Crippen LogP contribution in [0, 0.1) is 5.92 Å². The van der Waals surface area contributed by atoms with Gasteiger partial charge in [-0.05, 0) is 55.5 Å². The highest BCUT2D eigenvalue weighted by atomic mass is 16.5. The first-order valence-corrected chi connectivity index (χ1v) is 9.67. The van der Waals surface area contributed by atoms with Crippen LogP contribution in [0.25, 0.3) is 0 Å². The number of pyridine rings is 1.